The van der Waals surface area contributed by atoms with Crippen molar-refractivity contribution in [2.75, 3.05) is 19.8 Å². The van der Waals surface area contributed by atoms with E-state index >= 15 is 9.59 Å². The SMILES string of the molecule is CC(=O)O[C@H]1C(=O)[C@@]2(C)[C@H]([C@H](OC(=O)c3ccccc3)[C@]3(O)C[C@H](OC(=O)[C@H](OC(=O)OCCC(O)CO)[C@@H](NC(=O)c4ccccc4)c4ccccc4)C(C)=C1C3(C)C)[C@]1(OC(C)=O)CO[C@@H]1C[C@@H]2O. The van der Waals surface area contributed by atoms with Gasteiger partial charge in [-0.1, -0.05) is 80.6 Å². The van der Waals surface area contributed by atoms with Crippen LogP contribution in [0.25, 0.3) is 0 Å². The summed E-state index contributed by atoms with van der Waals surface area (Å²) < 4.78 is 41.5. The zero-order valence-corrected chi connectivity index (χ0v) is 40.1. The van der Waals surface area contributed by atoms with Crippen LogP contribution in [-0.4, -0.2) is 136 Å². The average molecular weight is 986 g/mol. The monoisotopic (exact) mass is 985 g/mol. The fraction of sp³-hybridized carbons (Fsp3) is 0.481. The lowest BCUT2D eigenvalue weighted by atomic mass is 9.44. The van der Waals surface area contributed by atoms with E-state index in [1.807, 2.05) is 0 Å². The van der Waals surface area contributed by atoms with Crippen molar-refractivity contribution >= 4 is 41.7 Å². The predicted molar refractivity (Wildman–Crippen MR) is 246 cm³/mol. The quantitative estimate of drug-likeness (QED) is 0.0826. The third-order valence-corrected chi connectivity index (χ3v) is 14.6. The van der Waals surface area contributed by atoms with Gasteiger partial charge >= 0.3 is 30.0 Å². The van der Waals surface area contributed by atoms with Crippen LogP contribution in [0.15, 0.2) is 102 Å². The van der Waals surface area contributed by atoms with Gasteiger partial charge in [0.2, 0.25) is 6.10 Å². The summed E-state index contributed by atoms with van der Waals surface area (Å²) in [5.74, 6) is -7.32. The Bertz CT molecular complexity index is 2530. The van der Waals surface area contributed by atoms with Crippen LogP contribution < -0.4 is 5.32 Å². The minimum absolute atomic E-state index is 0.0223. The number of carbonyl (C=O) groups excluding carboxylic acids is 7. The van der Waals surface area contributed by atoms with Gasteiger partial charge in [0.05, 0.1) is 48.9 Å². The second-order valence-electron chi connectivity index (χ2n) is 19.2. The fourth-order valence-electron chi connectivity index (χ4n) is 10.8. The Kier molecular flexibility index (Phi) is 15.2. The molecule has 0 radical (unpaired) electrons. The summed E-state index contributed by atoms with van der Waals surface area (Å²) in [5.41, 5.74) is -7.79. The van der Waals surface area contributed by atoms with E-state index < -0.39 is 138 Å². The van der Waals surface area contributed by atoms with Crippen molar-refractivity contribution in [3.63, 3.8) is 0 Å². The minimum Gasteiger partial charge on any atom is -0.455 e. The molecule has 0 spiro atoms. The van der Waals surface area contributed by atoms with E-state index in [1.165, 1.54) is 52.0 Å². The Morgan fingerprint density at radius 1 is 0.845 bits per heavy atom. The van der Waals surface area contributed by atoms with Crippen molar-refractivity contribution in [2.45, 2.75) is 121 Å². The van der Waals surface area contributed by atoms with Crippen LogP contribution in [-0.2, 0) is 52.3 Å². The van der Waals surface area contributed by atoms with Crippen molar-refractivity contribution in [3.8, 4) is 0 Å². The zero-order chi connectivity index (χ0) is 51.6. The first-order chi connectivity index (χ1) is 33.6. The second-order valence-corrected chi connectivity index (χ2v) is 19.2. The number of rotatable bonds is 15. The highest BCUT2D eigenvalue weighted by Crippen LogP contribution is 2.64. The largest absolute Gasteiger partial charge is 0.509 e. The number of ketones is 1. The summed E-state index contributed by atoms with van der Waals surface area (Å²) in [6.07, 6.45) is -14.1. The fourth-order valence-corrected chi connectivity index (χ4v) is 10.8. The number of esters is 4. The molecule has 0 aromatic heterocycles. The lowest BCUT2D eigenvalue weighted by Crippen LogP contribution is -2.82. The molecule has 12 atom stereocenters. The van der Waals surface area contributed by atoms with Crippen LogP contribution in [0.4, 0.5) is 4.79 Å². The van der Waals surface area contributed by atoms with Gasteiger partial charge in [0, 0.05) is 44.1 Å². The number of aliphatic hydroxyl groups is 4. The molecular formula is C52H59NO18. The van der Waals surface area contributed by atoms with Crippen molar-refractivity contribution in [3.05, 3.63) is 119 Å². The Morgan fingerprint density at radius 3 is 2.01 bits per heavy atom. The van der Waals surface area contributed by atoms with Gasteiger partial charge in [-0.3, -0.25) is 19.2 Å². The predicted octanol–water partition coefficient (Wildman–Crippen LogP) is 3.64. The van der Waals surface area contributed by atoms with Crippen LogP contribution in [0.5, 0.6) is 0 Å². The van der Waals surface area contributed by atoms with E-state index in [0.717, 1.165) is 13.8 Å². The third kappa shape index (κ3) is 9.80. The lowest BCUT2D eigenvalue weighted by Gasteiger charge is -2.67. The van der Waals surface area contributed by atoms with Crippen LogP contribution >= 0.6 is 0 Å². The maximum atomic E-state index is 15.7. The highest BCUT2D eigenvalue weighted by Gasteiger charge is 2.78. The van der Waals surface area contributed by atoms with Gasteiger partial charge < -0.3 is 58.9 Å². The zero-order valence-electron chi connectivity index (χ0n) is 40.1. The number of hydrogen-bond donors (Lipinski definition) is 5. The van der Waals surface area contributed by atoms with E-state index in [4.69, 9.17) is 33.2 Å². The first-order valence-electron chi connectivity index (χ1n) is 23.2. The highest BCUT2D eigenvalue weighted by atomic mass is 16.7. The summed E-state index contributed by atoms with van der Waals surface area (Å²) in [6.45, 7) is 6.60. The molecule has 3 fully saturated rings. The molecule has 3 aliphatic carbocycles. The van der Waals surface area contributed by atoms with Crippen molar-refractivity contribution < 1.29 is 87.1 Å². The maximum absolute atomic E-state index is 15.7. The summed E-state index contributed by atoms with van der Waals surface area (Å²) >= 11 is 0. The van der Waals surface area contributed by atoms with Crippen LogP contribution in [0, 0.1) is 16.7 Å². The number of hydrogen-bond acceptors (Lipinski definition) is 18. The van der Waals surface area contributed by atoms with E-state index in [0.29, 0.717) is 0 Å². The number of fused-ring (bicyclic) bond motifs is 5. The number of Topliss-reactive ketones (excluding diaryl/α,β-unsaturated/α-hetero) is 1. The Labute approximate surface area is 409 Å². The van der Waals surface area contributed by atoms with Gasteiger partial charge in [-0.05, 0) is 54.8 Å². The number of aliphatic hydroxyl groups excluding tert-OH is 3. The van der Waals surface area contributed by atoms with E-state index in [9.17, 15) is 44.4 Å². The molecular weight excluding hydrogens is 927 g/mol. The van der Waals surface area contributed by atoms with E-state index in [2.05, 4.69) is 5.32 Å². The third-order valence-electron chi connectivity index (χ3n) is 14.6. The molecule has 1 amide bonds. The van der Waals surface area contributed by atoms with Gasteiger partial charge in [-0.2, -0.15) is 0 Å². The molecule has 19 heteroatoms. The van der Waals surface area contributed by atoms with Crippen molar-refractivity contribution in [1.29, 1.82) is 0 Å². The van der Waals surface area contributed by atoms with Gasteiger partial charge in [0.1, 0.15) is 30.0 Å². The Balaban J connectivity index is 1.40. The summed E-state index contributed by atoms with van der Waals surface area (Å²) in [4.78, 5) is 98.9. The molecule has 1 heterocycles. The number of carbonyl (C=O) groups is 7. The Morgan fingerprint density at radius 2 is 1.45 bits per heavy atom. The minimum atomic E-state index is -2.50. The maximum Gasteiger partial charge on any atom is 0.509 e. The standard InChI is InChI=1S/C52H59NO18/c1-28-35(68-47(62)41(69-48(63)65-23-22-34(57)26-54)39(31-16-10-7-11-17-31)53-45(60)32-18-12-8-13-19-32)25-52(64)44(70-46(61)33-20-14-9-15-21-33)42-50(6,36(58)24-37-51(42,27-66-37)71-30(3)56)43(59)40(67-29(2)55)38(28)49(52,4)5/h7-21,34-37,39-42,44,54,57-58,64H,22-27H2,1-6H3,(H,53,60)/t34?,35-,36-,37+,39-,40+,41+,42-,44-,50+,51-,52+/m0/s1. The van der Waals surface area contributed by atoms with Gasteiger partial charge in [0.25, 0.3) is 5.91 Å². The van der Waals surface area contributed by atoms with Gasteiger partial charge in [0.15, 0.2) is 17.5 Å². The molecule has 19 nitrogen and oxygen atoms in total. The first kappa shape index (κ1) is 52.3. The summed E-state index contributed by atoms with van der Waals surface area (Å²) in [7, 11) is 0. The molecule has 380 valence electrons. The van der Waals surface area contributed by atoms with Crippen LogP contribution in [0.1, 0.15) is 93.1 Å². The molecule has 1 saturated heterocycles. The number of amides is 1. The molecule has 5 N–H and O–H groups in total. The molecule has 2 bridgehead atoms. The Hall–Kier alpha value is -6.51. The van der Waals surface area contributed by atoms with Crippen LogP contribution in [0.2, 0.25) is 0 Å². The average Bonchev–Trinajstić information content (AvgIpc) is 3.33. The van der Waals surface area contributed by atoms with Crippen molar-refractivity contribution in [2.24, 2.45) is 16.7 Å². The molecule has 1 unspecified atom stereocenters. The number of benzene rings is 3. The van der Waals surface area contributed by atoms with Gasteiger partial charge in [-0.15, -0.1) is 0 Å². The second kappa shape index (κ2) is 20.7. The molecule has 3 aromatic rings. The first-order valence-corrected chi connectivity index (χ1v) is 23.2. The molecule has 71 heavy (non-hydrogen) atoms. The van der Waals surface area contributed by atoms with E-state index in [-0.39, 0.29) is 47.3 Å². The molecule has 4 aliphatic rings. The molecule has 3 aromatic carbocycles. The smallest absolute Gasteiger partial charge is 0.455 e. The highest BCUT2D eigenvalue weighted by molar-refractivity contribution is 5.96. The lowest BCUT2D eigenvalue weighted by molar-refractivity contribution is -0.346. The van der Waals surface area contributed by atoms with Gasteiger partial charge in [-0.25, -0.2) is 14.4 Å². The van der Waals surface area contributed by atoms with Crippen LogP contribution in [0.3, 0.4) is 0 Å². The molecule has 7 rings (SSSR count). The molecule has 2 saturated carbocycles. The summed E-state index contributed by atoms with van der Waals surface area (Å²) in [6, 6.07) is 22.1. The summed E-state index contributed by atoms with van der Waals surface area (Å²) in [5, 5.41) is 48.0. The van der Waals surface area contributed by atoms with E-state index in [1.54, 1.807) is 66.7 Å². The number of ether oxygens (including phenoxy) is 7. The van der Waals surface area contributed by atoms with Crippen molar-refractivity contribution in [1.82, 2.24) is 5.32 Å². The normalized spacial score (nSPS) is 29.6. The topological polar surface area (TPSA) is 277 Å². The number of nitrogens with one attached hydrogen (secondary N) is 1. The molecule has 1 aliphatic heterocycles.